The third-order valence-corrected chi connectivity index (χ3v) is 6.88. The van der Waals surface area contributed by atoms with Gasteiger partial charge in [0.15, 0.2) is 5.13 Å². The highest BCUT2D eigenvalue weighted by Crippen LogP contribution is 2.30. The van der Waals surface area contributed by atoms with Crippen LogP contribution in [0.5, 0.6) is 0 Å². The van der Waals surface area contributed by atoms with Crippen molar-refractivity contribution < 1.29 is 9.21 Å². The van der Waals surface area contributed by atoms with E-state index in [-0.39, 0.29) is 11.7 Å². The fourth-order valence-electron chi connectivity index (χ4n) is 2.75. The number of nitrogens with zero attached hydrogens (tertiary/aromatic N) is 4. The molecule has 0 spiro atoms. The number of amides is 1. The Morgan fingerprint density at radius 3 is 2.67 bits per heavy atom. The van der Waals surface area contributed by atoms with Crippen molar-refractivity contribution in [3.63, 3.8) is 0 Å². The maximum atomic E-state index is 12.3. The van der Waals surface area contributed by atoms with Crippen molar-refractivity contribution in [1.29, 1.82) is 0 Å². The lowest BCUT2D eigenvalue weighted by atomic mass is 10.1. The van der Waals surface area contributed by atoms with Crippen molar-refractivity contribution in [2.24, 2.45) is 0 Å². The van der Waals surface area contributed by atoms with Gasteiger partial charge >= 0.3 is 0 Å². The number of nitrogens with one attached hydrogen (secondary N) is 1. The number of benzene rings is 1. The van der Waals surface area contributed by atoms with Crippen molar-refractivity contribution in [3.05, 3.63) is 45.9 Å². The number of hydrogen-bond donors (Lipinski definition) is 1. The molecule has 1 amide bonds. The monoisotopic (exact) mass is 457 g/mol. The lowest BCUT2D eigenvalue weighted by Gasteiger charge is -2.00. The topological polar surface area (TPSA) is 93.8 Å². The zero-order valence-corrected chi connectivity index (χ0v) is 19.1. The van der Waals surface area contributed by atoms with Gasteiger partial charge in [-0.25, -0.2) is 9.97 Å². The Kier molecular flexibility index (Phi) is 6.26. The standard InChI is InChI=1S/C20H19N5O2S3/c1-4-13-5-7-14(8-6-13)15-9-28-19(22-15)23-16(26)10-29-20-25-24-18(27-20)17-11(2)21-12(3)30-17/h5-9H,4,10H2,1-3H3,(H,22,23,26). The second-order valence-electron chi connectivity index (χ2n) is 6.45. The van der Waals surface area contributed by atoms with Crippen LogP contribution in [0.2, 0.25) is 0 Å². The number of aryl methyl sites for hydroxylation is 3. The Hall–Kier alpha value is -2.56. The number of carbonyl (C=O) groups is 1. The van der Waals surface area contributed by atoms with Crippen LogP contribution in [-0.4, -0.2) is 31.8 Å². The summed E-state index contributed by atoms with van der Waals surface area (Å²) in [6.07, 6.45) is 1.00. The van der Waals surface area contributed by atoms with Crippen molar-refractivity contribution in [3.8, 4) is 22.0 Å². The summed E-state index contributed by atoms with van der Waals surface area (Å²) >= 11 is 4.10. The molecule has 154 valence electrons. The molecule has 30 heavy (non-hydrogen) atoms. The van der Waals surface area contributed by atoms with Gasteiger partial charge in [-0.1, -0.05) is 43.0 Å². The Bertz CT molecular complexity index is 1160. The first-order valence-electron chi connectivity index (χ1n) is 9.27. The molecule has 1 aromatic carbocycles. The van der Waals surface area contributed by atoms with Crippen LogP contribution < -0.4 is 5.32 Å². The molecule has 0 aliphatic rings. The second kappa shape index (κ2) is 9.07. The maximum absolute atomic E-state index is 12.3. The number of aromatic nitrogens is 4. The van der Waals surface area contributed by atoms with Crippen molar-refractivity contribution in [2.75, 3.05) is 11.1 Å². The third-order valence-electron chi connectivity index (χ3n) is 4.24. The quantitative estimate of drug-likeness (QED) is 0.380. The van der Waals surface area contributed by atoms with Crippen LogP contribution in [0.3, 0.4) is 0 Å². The third kappa shape index (κ3) is 4.77. The van der Waals surface area contributed by atoms with Gasteiger partial charge in [0, 0.05) is 10.9 Å². The normalized spacial score (nSPS) is 11.0. The molecule has 0 fully saturated rings. The average Bonchev–Trinajstić information content (AvgIpc) is 3.46. The summed E-state index contributed by atoms with van der Waals surface area (Å²) in [5.41, 5.74) is 4.02. The van der Waals surface area contributed by atoms with Gasteiger partial charge in [0.2, 0.25) is 5.91 Å². The van der Waals surface area contributed by atoms with Crippen molar-refractivity contribution in [1.82, 2.24) is 20.2 Å². The molecule has 7 nitrogen and oxygen atoms in total. The Morgan fingerprint density at radius 2 is 1.97 bits per heavy atom. The fraction of sp³-hybridized carbons (Fsp3) is 0.250. The van der Waals surface area contributed by atoms with E-state index in [2.05, 4.69) is 56.7 Å². The fourth-order valence-corrected chi connectivity index (χ4v) is 4.89. The number of carbonyl (C=O) groups excluding carboxylic acids is 1. The molecule has 1 N–H and O–H groups in total. The van der Waals surface area contributed by atoms with Crippen LogP contribution in [0.1, 0.15) is 23.2 Å². The van der Waals surface area contributed by atoms with Crippen LogP contribution >= 0.6 is 34.4 Å². The highest BCUT2D eigenvalue weighted by Gasteiger charge is 2.16. The van der Waals surface area contributed by atoms with E-state index >= 15 is 0 Å². The van der Waals surface area contributed by atoms with Gasteiger partial charge in [0.25, 0.3) is 11.1 Å². The molecule has 4 aromatic rings. The molecule has 0 unspecified atom stereocenters. The van der Waals surface area contributed by atoms with E-state index in [1.54, 1.807) is 0 Å². The molecule has 0 saturated carbocycles. The molecule has 0 bridgehead atoms. The van der Waals surface area contributed by atoms with Gasteiger partial charge in [0.1, 0.15) is 4.88 Å². The molecule has 0 saturated heterocycles. The molecule has 0 radical (unpaired) electrons. The summed E-state index contributed by atoms with van der Waals surface area (Å²) in [4.78, 5) is 22.0. The van der Waals surface area contributed by atoms with Gasteiger partial charge in [-0.15, -0.1) is 32.9 Å². The van der Waals surface area contributed by atoms with E-state index in [4.69, 9.17) is 4.42 Å². The highest BCUT2D eigenvalue weighted by atomic mass is 32.2. The van der Waals surface area contributed by atoms with Gasteiger partial charge in [0.05, 0.1) is 22.1 Å². The molecule has 10 heteroatoms. The lowest BCUT2D eigenvalue weighted by Crippen LogP contribution is -2.13. The van der Waals surface area contributed by atoms with Crippen LogP contribution in [0.15, 0.2) is 39.3 Å². The van der Waals surface area contributed by atoms with E-state index in [0.717, 1.165) is 33.3 Å². The molecule has 0 aliphatic carbocycles. The Morgan fingerprint density at radius 1 is 1.17 bits per heavy atom. The number of rotatable bonds is 7. The summed E-state index contributed by atoms with van der Waals surface area (Å²) in [5.74, 6) is 0.411. The molecule has 3 heterocycles. The van der Waals surface area contributed by atoms with E-state index in [1.807, 2.05) is 19.2 Å². The molecule has 4 rings (SSSR count). The largest absolute Gasteiger partial charge is 0.410 e. The predicted molar refractivity (Wildman–Crippen MR) is 121 cm³/mol. The number of anilines is 1. The minimum atomic E-state index is -0.174. The van der Waals surface area contributed by atoms with Crippen molar-refractivity contribution in [2.45, 2.75) is 32.4 Å². The first-order chi connectivity index (χ1) is 14.5. The molecule has 0 atom stereocenters. The average molecular weight is 458 g/mol. The maximum Gasteiger partial charge on any atom is 0.277 e. The summed E-state index contributed by atoms with van der Waals surface area (Å²) in [6.45, 7) is 5.96. The second-order valence-corrected chi connectivity index (χ2v) is 9.43. The lowest BCUT2D eigenvalue weighted by molar-refractivity contribution is -0.113. The SMILES string of the molecule is CCc1ccc(-c2csc(NC(=O)CSc3nnc(-c4sc(C)nc4C)o3)n2)cc1. The van der Waals surface area contributed by atoms with Crippen LogP contribution in [-0.2, 0) is 11.2 Å². The summed E-state index contributed by atoms with van der Waals surface area (Å²) in [7, 11) is 0. The van der Waals surface area contributed by atoms with Gasteiger partial charge in [-0.05, 0) is 25.8 Å². The number of thiazole rings is 2. The first kappa shape index (κ1) is 20.7. The summed E-state index contributed by atoms with van der Waals surface area (Å²) in [5, 5.41) is 14.7. The predicted octanol–water partition coefficient (Wildman–Crippen LogP) is 5.23. The minimum absolute atomic E-state index is 0.155. The van der Waals surface area contributed by atoms with Gasteiger partial charge in [-0.3, -0.25) is 4.79 Å². The Labute approximate surface area is 186 Å². The van der Waals surface area contributed by atoms with Gasteiger partial charge < -0.3 is 9.73 Å². The highest BCUT2D eigenvalue weighted by molar-refractivity contribution is 7.99. The molecular weight excluding hydrogens is 438 g/mol. The summed E-state index contributed by atoms with van der Waals surface area (Å²) in [6, 6.07) is 8.29. The van der Waals surface area contributed by atoms with Crippen LogP contribution in [0, 0.1) is 13.8 Å². The minimum Gasteiger partial charge on any atom is -0.410 e. The zero-order chi connectivity index (χ0) is 21.1. The molecule has 0 aliphatic heterocycles. The smallest absolute Gasteiger partial charge is 0.277 e. The van der Waals surface area contributed by atoms with Crippen LogP contribution in [0.4, 0.5) is 5.13 Å². The summed E-state index contributed by atoms with van der Waals surface area (Å²) < 4.78 is 5.66. The van der Waals surface area contributed by atoms with E-state index in [9.17, 15) is 4.79 Å². The Balaban J connectivity index is 1.33. The molecule has 3 aromatic heterocycles. The molecular formula is C20H19N5O2S3. The zero-order valence-electron chi connectivity index (χ0n) is 16.6. The van der Waals surface area contributed by atoms with E-state index in [1.165, 1.54) is 40.0 Å². The van der Waals surface area contributed by atoms with Crippen LogP contribution in [0.25, 0.3) is 22.0 Å². The number of thioether (sulfide) groups is 1. The van der Waals surface area contributed by atoms with Crippen molar-refractivity contribution >= 4 is 45.5 Å². The number of hydrogen-bond acceptors (Lipinski definition) is 9. The first-order valence-corrected chi connectivity index (χ1v) is 12.0. The van der Waals surface area contributed by atoms with Gasteiger partial charge in [-0.2, -0.15) is 0 Å². The van der Waals surface area contributed by atoms with E-state index in [0.29, 0.717) is 16.2 Å². The van der Waals surface area contributed by atoms with E-state index < -0.39 is 0 Å².